The summed E-state index contributed by atoms with van der Waals surface area (Å²) in [4.78, 5) is 21.3. The van der Waals surface area contributed by atoms with Gasteiger partial charge in [0.25, 0.3) is 5.56 Å². The summed E-state index contributed by atoms with van der Waals surface area (Å²) in [6.07, 6.45) is 1.47. The Kier molecular flexibility index (Phi) is 2.93. The Morgan fingerprint density at radius 3 is 2.58 bits per heavy atom. The van der Waals surface area contributed by atoms with E-state index in [0.29, 0.717) is 32.6 Å². The smallest absolute Gasteiger partial charge is 0.277 e. The summed E-state index contributed by atoms with van der Waals surface area (Å²) >= 11 is 11.8. The average Bonchev–Trinajstić information content (AvgIpc) is 2.75. The second-order valence-electron chi connectivity index (χ2n) is 3.96. The van der Waals surface area contributed by atoms with Gasteiger partial charge in [0.2, 0.25) is 0 Å². The predicted octanol–water partition coefficient (Wildman–Crippen LogP) is 3.30. The van der Waals surface area contributed by atoms with E-state index in [9.17, 15) is 4.79 Å². The molecule has 0 saturated carbocycles. The van der Waals surface area contributed by atoms with Crippen molar-refractivity contribution in [1.29, 1.82) is 0 Å². The SMILES string of the molecule is O=c1[nH]c(Nc2cc(Cl)cc(Cl)c2)cc2[nH]cnc12. The molecule has 19 heavy (non-hydrogen) atoms. The molecule has 3 aromatic rings. The van der Waals surface area contributed by atoms with Crippen LogP contribution >= 0.6 is 23.2 Å². The monoisotopic (exact) mass is 294 g/mol. The molecule has 0 bridgehead atoms. The van der Waals surface area contributed by atoms with Gasteiger partial charge in [-0.2, -0.15) is 0 Å². The van der Waals surface area contributed by atoms with Crippen LogP contribution in [0, 0.1) is 0 Å². The number of halogens is 2. The van der Waals surface area contributed by atoms with Crippen LogP contribution in [0.5, 0.6) is 0 Å². The Morgan fingerprint density at radius 1 is 1.11 bits per heavy atom. The zero-order valence-corrected chi connectivity index (χ0v) is 11.0. The number of pyridine rings is 1. The molecule has 0 atom stereocenters. The molecule has 0 amide bonds. The van der Waals surface area contributed by atoms with Gasteiger partial charge in [0.1, 0.15) is 5.82 Å². The van der Waals surface area contributed by atoms with E-state index in [2.05, 4.69) is 20.3 Å². The molecule has 1 aromatic carbocycles. The second kappa shape index (κ2) is 4.60. The van der Waals surface area contributed by atoms with Crippen molar-refractivity contribution in [3.05, 3.63) is 51.0 Å². The van der Waals surface area contributed by atoms with Gasteiger partial charge >= 0.3 is 0 Å². The van der Waals surface area contributed by atoms with Crippen LogP contribution in [0.3, 0.4) is 0 Å². The van der Waals surface area contributed by atoms with Crippen molar-refractivity contribution in [3.8, 4) is 0 Å². The van der Waals surface area contributed by atoms with Crippen LogP contribution < -0.4 is 10.9 Å². The van der Waals surface area contributed by atoms with Gasteiger partial charge in [0, 0.05) is 21.8 Å². The molecule has 3 rings (SSSR count). The molecular formula is C12H8Cl2N4O. The second-order valence-corrected chi connectivity index (χ2v) is 4.83. The molecule has 0 aliphatic heterocycles. The number of imidazole rings is 1. The molecular weight excluding hydrogens is 287 g/mol. The van der Waals surface area contributed by atoms with Crippen molar-refractivity contribution in [3.63, 3.8) is 0 Å². The van der Waals surface area contributed by atoms with E-state index in [4.69, 9.17) is 23.2 Å². The van der Waals surface area contributed by atoms with Crippen LogP contribution in [0.2, 0.25) is 10.0 Å². The Morgan fingerprint density at radius 2 is 1.84 bits per heavy atom. The number of hydrogen-bond donors (Lipinski definition) is 3. The Hall–Kier alpha value is -1.98. The molecule has 3 N–H and O–H groups in total. The summed E-state index contributed by atoms with van der Waals surface area (Å²) in [7, 11) is 0. The standard InChI is InChI=1S/C12H8Cl2N4O/c13-6-1-7(14)3-8(2-6)17-10-4-9-11(12(19)18-10)16-5-15-9/h1-5H,(H,15,16)(H2,17,18,19). The normalized spacial score (nSPS) is 10.8. The number of hydrogen-bond acceptors (Lipinski definition) is 3. The van der Waals surface area contributed by atoms with E-state index in [0.717, 1.165) is 0 Å². The van der Waals surface area contributed by atoms with Crippen molar-refractivity contribution in [2.45, 2.75) is 0 Å². The molecule has 0 spiro atoms. The summed E-state index contributed by atoms with van der Waals surface area (Å²) in [6, 6.07) is 6.81. The van der Waals surface area contributed by atoms with Gasteiger partial charge in [0.05, 0.1) is 11.8 Å². The van der Waals surface area contributed by atoms with Gasteiger partial charge < -0.3 is 15.3 Å². The van der Waals surface area contributed by atoms with Crippen LogP contribution in [0.4, 0.5) is 11.5 Å². The number of rotatable bonds is 2. The fourth-order valence-corrected chi connectivity index (χ4v) is 2.33. The van der Waals surface area contributed by atoms with Crippen molar-refractivity contribution < 1.29 is 0 Å². The highest BCUT2D eigenvalue weighted by molar-refractivity contribution is 6.35. The number of nitrogens with zero attached hydrogens (tertiary/aromatic N) is 1. The number of aromatic amines is 2. The molecule has 0 saturated heterocycles. The molecule has 0 aliphatic rings. The number of benzene rings is 1. The van der Waals surface area contributed by atoms with Gasteiger partial charge in [-0.15, -0.1) is 0 Å². The lowest BCUT2D eigenvalue weighted by atomic mass is 10.3. The largest absolute Gasteiger partial charge is 0.344 e. The summed E-state index contributed by atoms with van der Waals surface area (Å²) in [5, 5.41) is 4.06. The molecule has 0 unspecified atom stereocenters. The van der Waals surface area contributed by atoms with Gasteiger partial charge in [-0.1, -0.05) is 23.2 Å². The first-order valence-electron chi connectivity index (χ1n) is 5.41. The minimum absolute atomic E-state index is 0.269. The zero-order chi connectivity index (χ0) is 13.4. The van der Waals surface area contributed by atoms with Crippen LogP contribution in [0.15, 0.2) is 35.4 Å². The molecule has 2 aromatic heterocycles. The average molecular weight is 295 g/mol. The van der Waals surface area contributed by atoms with Crippen LogP contribution in [-0.4, -0.2) is 15.0 Å². The predicted molar refractivity (Wildman–Crippen MR) is 76.5 cm³/mol. The zero-order valence-electron chi connectivity index (χ0n) is 9.50. The van der Waals surface area contributed by atoms with Crippen LogP contribution in [0.1, 0.15) is 0 Å². The minimum atomic E-state index is -0.269. The number of fused-ring (bicyclic) bond motifs is 1. The van der Waals surface area contributed by atoms with Crippen molar-refractivity contribution >= 4 is 45.7 Å². The third kappa shape index (κ3) is 2.43. The van der Waals surface area contributed by atoms with E-state index >= 15 is 0 Å². The summed E-state index contributed by atoms with van der Waals surface area (Å²) in [5.41, 5.74) is 1.44. The maximum Gasteiger partial charge on any atom is 0.277 e. The molecule has 5 nitrogen and oxygen atoms in total. The van der Waals surface area contributed by atoms with Gasteiger partial charge in [-0.3, -0.25) is 4.79 Å². The first kappa shape index (κ1) is 12.1. The van der Waals surface area contributed by atoms with Crippen molar-refractivity contribution in [2.24, 2.45) is 0 Å². The first-order chi connectivity index (χ1) is 9.11. The van der Waals surface area contributed by atoms with E-state index in [1.165, 1.54) is 6.33 Å². The lowest BCUT2D eigenvalue weighted by Gasteiger charge is -2.07. The maximum absolute atomic E-state index is 11.8. The first-order valence-corrected chi connectivity index (χ1v) is 6.17. The highest BCUT2D eigenvalue weighted by Crippen LogP contribution is 2.24. The Bertz CT molecular complexity index is 789. The maximum atomic E-state index is 11.8. The van der Waals surface area contributed by atoms with E-state index in [1.807, 2.05) is 0 Å². The number of anilines is 2. The van der Waals surface area contributed by atoms with E-state index in [1.54, 1.807) is 24.3 Å². The fourth-order valence-electron chi connectivity index (χ4n) is 1.81. The number of aromatic nitrogens is 3. The Balaban J connectivity index is 2.03. The summed E-state index contributed by atoms with van der Waals surface area (Å²) in [5.74, 6) is 0.528. The highest BCUT2D eigenvalue weighted by atomic mass is 35.5. The quantitative estimate of drug-likeness (QED) is 0.679. The fraction of sp³-hybridized carbons (Fsp3) is 0. The van der Waals surface area contributed by atoms with E-state index in [-0.39, 0.29) is 5.56 Å². The summed E-state index contributed by atoms with van der Waals surface area (Å²) in [6.45, 7) is 0. The van der Waals surface area contributed by atoms with Gasteiger partial charge in [-0.05, 0) is 18.2 Å². The molecule has 0 aliphatic carbocycles. The lowest BCUT2D eigenvalue weighted by molar-refractivity contribution is 1.25. The Labute approximate surface area is 117 Å². The van der Waals surface area contributed by atoms with Crippen LogP contribution in [-0.2, 0) is 0 Å². The van der Waals surface area contributed by atoms with Crippen molar-refractivity contribution in [1.82, 2.24) is 15.0 Å². The molecule has 2 heterocycles. The lowest BCUT2D eigenvalue weighted by Crippen LogP contribution is -2.08. The molecule has 96 valence electrons. The molecule has 0 radical (unpaired) electrons. The third-order valence-corrected chi connectivity index (χ3v) is 3.00. The topological polar surface area (TPSA) is 73.6 Å². The number of H-pyrrole nitrogens is 2. The summed E-state index contributed by atoms with van der Waals surface area (Å²) < 4.78 is 0. The minimum Gasteiger partial charge on any atom is -0.344 e. The highest BCUT2D eigenvalue weighted by Gasteiger charge is 2.05. The molecule has 7 heteroatoms. The third-order valence-electron chi connectivity index (χ3n) is 2.56. The van der Waals surface area contributed by atoms with Crippen LogP contribution in [0.25, 0.3) is 11.0 Å². The van der Waals surface area contributed by atoms with Crippen molar-refractivity contribution in [2.75, 3.05) is 5.32 Å². The van der Waals surface area contributed by atoms with Gasteiger partial charge in [0.15, 0.2) is 5.52 Å². The number of nitrogens with one attached hydrogen (secondary N) is 3. The molecule has 0 fully saturated rings. The van der Waals surface area contributed by atoms with E-state index < -0.39 is 0 Å². The van der Waals surface area contributed by atoms with Gasteiger partial charge in [-0.25, -0.2) is 4.98 Å².